The summed E-state index contributed by atoms with van der Waals surface area (Å²) in [6.45, 7) is 2.20. The first-order valence-electron chi connectivity index (χ1n) is 8.62. The van der Waals surface area contributed by atoms with Crippen molar-refractivity contribution in [1.82, 2.24) is 9.38 Å². The van der Waals surface area contributed by atoms with E-state index in [0.29, 0.717) is 11.3 Å². The zero-order valence-electron chi connectivity index (χ0n) is 14.2. The van der Waals surface area contributed by atoms with Crippen LogP contribution in [0.5, 0.6) is 0 Å². The van der Waals surface area contributed by atoms with Crippen LogP contribution in [0.15, 0.2) is 48.8 Å². The van der Waals surface area contributed by atoms with Crippen molar-refractivity contribution >= 4 is 5.65 Å². The Morgan fingerprint density at radius 1 is 0.920 bits per heavy atom. The molecule has 25 heavy (non-hydrogen) atoms. The van der Waals surface area contributed by atoms with Crippen LogP contribution in [-0.2, 0) is 12.6 Å². The number of aryl methyl sites for hydroxylation is 1. The minimum absolute atomic E-state index is 0.506. The average Bonchev–Trinajstić information content (AvgIpc) is 3.02. The van der Waals surface area contributed by atoms with Crippen molar-refractivity contribution in [3.05, 3.63) is 59.9 Å². The standard InChI is InChI=1S/C20H21F3N2/c1-2-3-4-5-6-15-7-9-16(10-8-15)18-14-25-13-17(20(21,22)23)11-12-19(25)24-18/h7-14H,2-6H2,1H3. The van der Waals surface area contributed by atoms with E-state index in [4.69, 9.17) is 0 Å². The highest BCUT2D eigenvalue weighted by molar-refractivity contribution is 5.63. The Hall–Kier alpha value is -2.30. The molecule has 3 rings (SSSR count). The van der Waals surface area contributed by atoms with E-state index in [1.54, 1.807) is 6.20 Å². The molecule has 0 aliphatic heterocycles. The first-order chi connectivity index (χ1) is 12.0. The van der Waals surface area contributed by atoms with Gasteiger partial charge in [-0.2, -0.15) is 13.2 Å². The molecule has 1 aromatic carbocycles. The van der Waals surface area contributed by atoms with Crippen LogP contribution in [0.4, 0.5) is 13.2 Å². The minimum Gasteiger partial charge on any atom is -0.306 e. The van der Waals surface area contributed by atoms with Crippen molar-refractivity contribution in [1.29, 1.82) is 0 Å². The second-order valence-electron chi connectivity index (χ2n) is 6.31. The Kier molecular flexibility index (Phi) is 5.11. The molecule has 0 amide bonds. The second-order valence-corrected chi connectivity index (χ2v) is 6.31. The Bertz CT molecular complexity index is 832. The summed E-state index contributed by atoms with van der Waals surface area (Å²) in [5, 5.41) is 0. The lowest BCUT2D eigenvalue weighted by Gasteiger charge is -2.05. The summed E-state index contributed by atoms with van der Waals surface area (Å²) >= 11 is 0. The van der Waals surface area contributed by atoms with E-state index < -0.39 is 11.7 Å². The molecular weight excluding hydrogens is 325 g/mol. The Morgan fingerprint density at radius 3 is 2.36 bits per heavy atom. The van der Waals surface area contributed by atoms with Crippen molar-refractivity contribution in [3.63, 3.8) is 0 Å². The maximum Gasteiger partial charge on any atom is 0.417 e. The SMILES string of the molecule is CCCCCCc1ccc(-c2cn3cc(C(F)(F)F)ccc3n2)cc1. The maximum absolute atomic E-state index is 12.8. The molecular formula is C20H21F3N2. The van der Waals surface area contributed by atoms with Crippen molar-refractivity contribution in [2.75, 3.05) is 0 Å². The molecule has 132 valence electrons. The molecule has 2 aromatic heterocycles. The number of halogens is 3. The van der Waals surface area contributed by atoms with Crippen LogP contribution in [-0.4, -0.2) is 9.38 Å². The smallest absolute Gasteiger partial charge is 0.306 e. The lowest BCUT2D eigenvalue weighted by atomic mass is 10.0. The number of aromatic nitrogens is 2. The predicted molar refractivity (Wildman–Crippen MR) is 93.5 cm³/mol. The van der Waals surface area contributed by atoms with Crippen LogP contribution in [0, 0.1) is 0 Å². The number of nitrogens with zero attached hydrogens (tertiary/aromatic N) is 2. The van der Waals surface area contributed by atoms with Crippen LogP contribution in [0.2, 0.25) is 0 Å². The number of benzene rings is 1. The van der Waals surface area contributed by atoms with E-state index in [9.17, 15) is 13.2 Å². The van der Waals surface area contributed by atoms with E-state index in [0.717, 1.165) is 24.2 Å². The number of pyridine rings is 1. The summed E-state index contributed by atoms with van der Waals surface area (Å²) in [5.41, 5.74) is 2.70. The summed E-state index contributed by atoms with van der Waals surface area (Å²) < 4.78 is 39.8. The molecule has 0 radical (unpaired) electrons. The van der Waals surface area contributed by atoms with E-state index >= 15 is 0 Å². The van der Waals surface area contributed by atoms with Gasteiger partial charge >= 0.3 is 6.18 Å². The minimum atomic E-state index is -4.35. The van der Waals surface area contributed by atoms with E-state index in [-0.39, 0.29) is 0 Å². The molecule has 0 saturated carbocycles. The zero-order chi connectivity index (χ0) is 17.9. The van der Waals surface area contributed by atoms with Gasteiger partial charge in [0.1, 0.15) is 5.65 Å². The van der Waals surface area contributed by atoms with Gasteiger partial charge in [0.05, 0.1) is 11.3 Å². The maximum atomic E-state index is 12.8. The number of imidazole rings is 1. The number of hydrogen-bond donors (Lipinski definition) is 0. The van der Waals surface area contributed by atoms with Gasteiger partial charge in [0.25, 0.3) is 0 Å². The van der Waals surface area contributed by atoms with Crippen LogP contribution < -0.4 is 0 Å². The monoisotopic (exact) mass is 346 g/mol. The van der Waals surface area contributed by atoms with Crippen LogP contribution in [0.25, 0.3) is 16.9 Å². The average molecular weight is 346 g/mol. The molecule has 2 heterocycles. The summed E-state index contributed by atoms with van der Waals surface area (Å²) in [7, 11) is 0. The normalized spacial score (nSPS) is 12.0. The van der Waals surface area contributed by atoms with Gasteiger partial charge in [0.15, 0.2) is 0 Å². The Balaban J connectivity index is 1.77. The topological polar surface area (TPSA) is 17.3 Å². The highest BCUT2D eigenvalue weighted by Gasteiger charge is 2.30. The molecule has 0 aliphatic rings. The largest absolute Gasteiger partial charge is 0.417 e. The number of unbranched alkanes of at least 4 members (excludes halogenated alkanes) is 3. The molecule has 0 spiro atoms. The third-order valence-electron chi connectivity index (χ3n) is 4.35. The van der Waals surface area contributed by atoms with Gasteiger partial charge in [0, 0.05) is 18.0 Å². The molecule has 5 heteroatoms. The molecule has 0 N–H and O–H groups in total. The van der Waals surface area contributed by atoms with Gasteiger partial charge in [-0.3, -0.25) is 0 Å². The van der Waals surface area contributed by atoms with Gasteiger partial charge in [-0.25, -0.2) is 4.98 Å². The molecule has 3 aromatic rings. The van der Waals surface area contributed by atoms with Gasteiger partial charge in [-0.1, -0.05) is 50.5 Å². The van der Waals surface area contributed by atoms with Crippen molar-refractivity contribution in [3.8, 4) is 11.3 Å². The molecule has 0 fully saturated rings. The van der Waals surface area contributed by atoms with Crippen molar-refractivity contribution in [2.24, 2.45) is 0 Å². The molecule has 0 saturated heterocycles. The third-order valence-corrected chi connectivity index (χ3v) is 4.35. The van der Waals surface area contributed by atoms with Crippen LogP contribution in [0.1, 0.15) is 43.7 Å². The highest BCUT2D eigenvalue weighted by atomic mass is 19.4. The molecule has 0 atom stereocenters. The van der Waals surface area contributed by atoms with Crippen molar-refractivity contribution < 1.29 is 13.2 Å². The lowest BCUT2D eigenvalue weighted by Crippen LogP contribution is -2.05. The van der Waals surface area contributed by atoms with E-state index in [2.05, 4.69) is 24.0 Å². The lowest BCUT2D eigenvalue weighted by molar-refractivity contribution is -0.137. The fourth-order valence-electron chi connectivity index (χ4n) is 2.90. The molecule has 0 bridgehead atoms. The molecule has 0 aliphatic carbocycles. The molecule has 2 nitrogen and oxygen atoms in total. The second kappa shape index (κ2) is 7.30. The summed E-state index contributed by atoms with van der Waals surface area (Å²) in [6.07, 6.45) is 4.34. The number of alkyl halides is 3. The van der Waals surface area contributed by atoms with Crippen molar-refractivity contribution in [2.45, 2.75) is 45.2 Å². The summed E-state index contributed by atoms with van der Waals surface area (Å²) in [4.78, 5) is 4.42. The molecule has 0 unspecified atom stereocenters. The zero-order valence-corrected chi connectivity index (χ0v) is 14.2. The van der Waals surface area contributed by atoms with Crippen LogP contribution in [0.3, 0.4) is 0 Å². The fourth-order valence-corrected chi connectivity index (χ4v) is 2.90. The summed E-state index contributed by atoms with van der Waals surface area (Å²) in [6, 6.07) is 10.6. The number of rotatable bonds is 6. The quantitative estimate of drug-likeness (QED) is 0.490. The first kappa shape index (κ1) is 17.5. The van der Waals surface area contributed by atoms with Gasteiger partial charge in [0.2, 0.25) is 0 Å². The van der Waals surface area contributed by atoms with E-state index in [1.807, 2.05) is 12.1 Å². The highest BCUT2D eigenvalue weighted by Crippen LogP contribution is 2.30. The number of hydrogen-bond acceptors (Lipinski definition) is 1. The Morgan fingerprint density at radius 2 is 1.68 bits per heavy atom. The fraction of sp³-hybridized carbons (Fsp3) is 0.350. The Labute approximate surface area is 145 Å². The first-order valence-corrected chi connectivity index (χ1v) is 8.62. The third kappa shape index (κ3) is 4.21. The van der Waals surface area contributed by atoms with Gasteiger partial charge in [-0.05, 0) is 30.5 Å². The van der Waals surface area contributed by atoms with E-state index in [1.165, 1.54) is 41.7 Å². The summed E-state index contributed by atoms with van der Waals surface area (Å²) in [5.74, 6) is 0. The van der Waals surface area contributed by atoms with Crippen LogP contribution >= 0.6 is 0 Å². The van der Waals surface area contributed by atoms with Gasteiger partial charge in [-0.15, -0.1) is 0 Å². The van der Waals surface area contributed by atoms with Gasteiger partial charge < -0.3 is 4.40 Å². The predicted octanol–water partition coefficient (Wildman–Crippen LogP) is 6.14. The number of fused-ring (bicyclic) bond motifs is 1.